The first-order chi connectivity index (χ1) is 8.52. The fourth-order valence-electron chi connectivity index (χ4n) is 2.06. The molecule has 0 amide bonds. The Balaban J connectivity index is 2.78. The fourth-order valence-corrected chi connectivity index (χ4v) is 2.06. The topological polar surface area (TPSA) is 47.0 Å². The molecule has 2 rings (SSSR count). The zero-order chi connectivity index (χ0) is 13.3. The highest BCUT2D eigenvalue weighted by molar-refractivity contribution is 5.74. The highest BCUT2D eigenvalue weighted by Gasteiger charge is 2.27. The first-order valence-corrected chi connectivity index (χ1v) is 5.72. The molecule has 0 N–H and O–H groups in total. The van der Waals surface area contributed by atoms with Crippen LogP contribution >= 0.6 is 0 Å². The quantitative estimate of drug-likeness (QED) is 0.462. The maximum Gasteiger partial charge on any atom is 0.343 e. The van der Waals surface area contributed by atoms with E-state index in [1.165, 1.54) is 0 Å². The Hall–Kier alpha value is -2.23. The first kappa shape index (κ1) is 12.2. The van der Waals surface area contributed by atoms with E-state index in [-0.39, 0.29) is 10.6 Å². The van der Waals surface area contributed by atoms with Gasteiger partial charge in [-0.1, -0.05) is 30.3 Å². The van der Waals surface area contributed by atoms with Gasteiger partial charge < -0.3 is 0 Å². The van der Waals surface area contributed by atoms with Crippen molar-refractivity contribution in [1.29, 1.82) is 0 Å². The molecule has 0 saturated heterocycles. The molecule has 1 aromatic carbocycles. The molecule has 0 atom stereocenters. The molecule has 0 unspecified atom stereocenters. The Morgan fingerprint density at radius 2 is 1.78 bits per heavy atom. The molecule has 0 radical (unpaired) electrons. The SMILES string of the molecule is Cc1cc(-c2ccccc2)c([N+](=O)[O-])c(C)[n+]1C. The largest absolute Gasteiger partial charge is 0.343 e. The summed E-state index contributed by atoms with van der Waals surface area (Å²) in [7, 11) is 1.84. The number of hydrogen-bond acceptors (Lipinski definition) is 2. The zero-order valence-corrected chi connectivity index (χ0v) is 10.7. The van der Waals surface area contributed by atoms with E-state index in [4.69, 9.17) is 0 Å². The standard InChI is InChI=1S/C14H15N2O2/c1-10-9-13(12-7-5-4-6-8-12)14(16(17)18)11(2)15(10)3/h4-9H,1-3H3/q+1. The van der Waals surface area contributed by atoms with Crippen LogP contribution in [0.1, 0.15) is 11.4 Å². The summed E-state index contributed by atoms with van der Waals surface area (Å²) in [6.07, 6.45) is 0. The van der Waals surface area contributed by atoms with Gasteiger partial charge in [0, 0.05) is 19.9 Å². The second-order valence-electron chi connectivity index (χ2n) is 4.32. The van der Waals surface area contributed by atoms with Gasteiger partial charge in [-0.3, -0.25) is 10.1 Å². The van der Waals surface area contributed by atoms with E-state index in [0.29, 0.717) is 11.3 Å². The van der Waals surface area contributed by atoms with Gasteiger partial charge >= 0.3 is 5.69 Å². The second kappa shape index (κ2) is 4.56. The molecule has 0 aliphatic carbocycles. The third-order valence-corrected chi connectivity index (χ3v) is 3.25. The highest BCUT2D eigenvalue weighted by atomic mass is 16.6. The molecule has 18 heavy (non-hydrogen) atoms. The van der Waals surface area contributed by atoms with Gasteiger partial charge in [-0.25, -0.2) is 0 Å². The van der Waals surface area contributed by atoms with Crippen LogP contribution in [0.15, 0.2) is 36.4 Å². The number of aryl methyl sites for hydroxylation is 1. The van der Waals surface area contributed by atoms with Crippen molar-refractivity contribution in [3.8, 4) is 11.1 Å². The molecule has 0 aliphatic rings. The van der Waals surface area contributed by atoms with Crippen molar-refractivity contribution >= 4 is 5.69 Å². The summed E-state index contributed by atoms with van der Waals surface area (Å²) in [4.78, 5) is 11.0. The van der Waals surface area contributed by atoms with E-state index in [9.17, 15) is 10.1 Å². The van der Waals surface area contributed by atoms with Gasteiger partial charge in [-0.05, 0) is 5.56 Å². The second-order valence-corrected chi connectivity index (χ2v) is 4.32. The first-order valence-electron chi connectivity index (χ1n) is 5.72. The van der Waals surface area contributed by atoms with E-state index in [1.807, 2.05) is 54.9 Å². The normalized spacial score (nSPS) is 10.4. The van der Waals surface area contributed by atoms with E-state index < -0.39 is 0 Å². The molecule has 1 heterocycles. The minimum Gasteiger partial charge on any atom is -0.258 e. The van der Waals surface area contributed by atoms with Gasteiger partial charge in [0.25, 0.3) is 5.69 Å². The average Bonchev–Trinajstić information content (AvgIpc) is 2.36. The minimum absolute atomic E-state index is 0.175. The van der Waals surface area contributed by atoms with Crippen LogP contribution in [0.5, 0.6) is 0 Å². The average molecular weight is 243 g/mol. The lowest BCUT2D eigenvalue weighted by Crippen LogP contribution is -2.36. The summed E-state index contributed by atoms with van der Waals surface area (Å²) < 4.78 is 1.84. The zero-order valence-electron chi connectivity index (χ0n) is 10.7. The molecule has 0 bridgehead atoms. The molecule has 0 fully saturated rings. The fraction of sp³-hybridized carbons (Fsp3) is 0.214. The Morgan fingerprint density at radius 3 is 2.33 bits per heavy atom. The van der Waals surface area contributed by atoms with Gasteiger partial charge in [0.2, 0.25) is 0 Å². The van der Waals surface area contributed by atoms with E-state index in [2.05, 4.69) is 0 Å². The number of benzene rings is 1. The van der Waals surface area contributed by atoms with Crippen LogP contribution in [0.3, 0.4) is 0 Å². The Kier molecular flexibility index (Phi) is 3.10. The summed E-state index contributed by atoms with van der Waals surface area (Å²) in [5.74, 6) is 0. The lowest BCUT2D eigenvalue weighted by atomic mass is 10.0. The van der Waals surface area contributed by atoms with Crippen LogP contribution in [-0.4, -0.2) is 4.92 Å². The van der Waals surface area contributed by atoms with Crippen molar-refractivity contribution in [2.75, 3.05) is 0 Å². The van der Waals surface area contributed by atoms with Crippen molar-refractivity contribution in [2.24, 2.45) is 7.05 Å². The third-order valence-electron chi connectivity index (χ3n) is 3.25. The maximum atomic E-state index is 11.3. The summed E-state index contributed by atoms with van der Waals surface area (Å²) in [6, 6.07) is 11.3. The maximum absolute atomic E-state index is 11.3. The molecular formula is C14H15N2O2+. The van der Waals surface area contributed by atoms with Gasteiger partial charge in [0.05, 0.1) is 10.5 Å². The summed E-state index contributed by atoms with van der Waals surface area (Å²) in [5.41, 5.74) is 3.38. The van der Waals surface area contributed by atoms with Crippen LogP contribution in [0.2, 0.25) is 0 Å². The Morgan fingerprint density at radius 1 is 1.17 bits per heavy atom. The van der Waals surface area contributed by atoms with E-state index >= 15 is 0 Å². The van der Waals surface area contributed by atoms with Crippen molar-refractivity contribution in [2.45, 2.75) is 13.8 Å². The number of hydrogen-bond donors (Lipinski definition) is 0. The third kappa shape index (κ3) is 1.97. The number of nitro groups is 1. The molecule has 1 aromatic heterocycles. The summed E-state index contributed by atoms with van der Waals surface area (Å²) in [5, 5.41) is 11.3. The number of rotatable bonds is 2. The summed E-state index contributed by atoms with van der Waals surface area (Å²) >= 11 is 0. The molecule has 4 nitrogen and oxygen atoms in total. The monoisotopic (exact) mass is 243 g/mol. The van der Waals surface area contributed by atoms with Crippen LogP contribution in [0.25, 0.3) is 11.1 Å². The number of nitrogens with zero attached hydrogens (tertiary/aromatic N) is 2. The molecule has 0 spiro atoms. The highest BCUT2D eigenvalue weighted by Crippen LogP contribution is 2.31. The van der Waals surface area contributed by atoms with Gasteiger partial charge in [-0.15, -0.1) is 0 Å². The van der Waals surface area contributed by atoms with Crippen molar-refractivity contribution in [1.82, 2.24) is 0 Å². The Labute approximate surface area is 106 Å². The van der Waals surface area contributed by atoms with Crippen molar-refractivity contribution in [3.05, 3.63) is 57.9 Å². The van der Waals surface area contributed by atoms with Gasteiger partial charge in [-0.2, -0.15) is 4.57 Å². The molecular weight excluding hydrogens is 228 g/mol. The van der Waals surface area contributed by atoms with Crippen molar-refractivity contribution < 1.29 is 9.49 Å². The summed E-state index contributed by atoms with van der Waals surface area (Å²) in [6.45, 7) is 3.72. The molecule has 2 aromatic rings. The predicted octanol–water partition coefficient (Wildman–Crippen LogP) is 2.70. The van der Waals surface area contributed by atoms with Gasteiger partial charge in [0.1, 0.15) is 7.05 Å². The van der Waals surface area contributed by atoms with E-state index in [0.717, 1.165) is 11.3 Å². The van der Waals surface area contributed by atoms with Crippen LogP contribution in [0, 0.1) is 24.0 Å². The smallest absolute Gasteiger partial charge is 0.258 e. The minimum atomic E-state index is -0.308. The number of aromatic nitrogens is 1. The molecule has 92 valence electrons. The Bertz CT molecular complexity index is 607. The van der Waals surface area contributed by atoms with Crippen molar-refractivity contribution in [3.63, 3.8) is 0 Å². The lowest BCUT2D eigenvalue weighted by Gasteiger charge is -2.06. The molecule has 4 heteroatoms. The van der Waals surface area contributed by atoms with Crippen LogP contribution in [0.4, 0.5) is 5.69 Å². The molecule has 0 saturated carbocycles. The van der Waals surface area contributed by atoms with E-state index in [1.54, 1.807) is 6.92 Å². The van der Waals surface area contributed by atoms with Crippen LogP contribution < -0.4 is 4.57 Å². The molecule has 0 aliphatic heterocycles. The van der Waals surface area contributed by atoms with Crippen LogP contribution in [-0.2, 0) is 7.05 Å². The predicted molar refractivity (Wildman–Crippen MR) is 69.2 cm³/mol. The van der Waals surface area contributed by atoms with Gasteiger partial charge in [0.15, 0.2) is 5.69 Å². The number of pyridine rings is 1. The lowest BCUT2D eigenvalue weighted by molar-refractivity contribution is -0.686.